The van der Waals surface area contributed by atoms with Gasteiger partial charge in [-0.15, -0.1) is 0 Å². The van der Waals surface area contributed by atoms with Crippen LogP contribution in [-0.2, 0) is 28.6 Å². The smallest absolute Gasteiger partial charge is 0.306 e. The van der Waals surface area contributed by atoms with Gasteiger partial charge in [0.05, 0.1) is 0 Å². The maximum Gasteiger partial charge on any atom is 0.306 e. The number of carbonyl (C=O) groups is 3. The van der Waals surface area contributed by atoms with Crippen LogP contribution in [0.5, 0.6) is 0 Å². The van der Waals surface area contributed by atoms with Crippen LogP contribution in [0.3, 0.4) is 0 Å². The fourth-order valence-corrected chi connectivity index (χ4v) is 6.02. The Bertz CT molecular complexity index is 763. The van der Waals surface area contributed by atoms with Crippen LogP contribution in [0.4, 0.5) is 0 Å². The minimum Gasteiger partial charge on any atom is -0.462 e. The maximum absolute atomic E-state index is 12.6. The van der Waals surface area contributed by atoms with Crippen LogP contribution in [0.2, 0.25) is 0 Å². The number of unbranched alkanes of at least 4 members (excludes halogenated alkanes) is 25. The van der Waals surface area contributed by atoms with Gasteiger partial charge in [-0.1, -0.05) is 174 Å². The fourth-order valence-electron chi connectivity index (χ4n) is 6.02. The van der Waals surface area contributed by atoms with Gasteiger partial charge >= 0.3 is 17.9 Å². The maximum atomic E-state index is 12.6. The molecule has 288 valence electrons. The summed E-state index contributed by atoms with van der Waals surface area (Å²) in [5.74, 6) is -0.884. The highest BCUT2D eigenvalue weighted by Crippen LogP contribution is 2.14. The number of esters is 3. The molecular formula is C43H80O6. The fraction of sp³-hybridized carbons (Fsp3) is 0.884. The Hall–Kier alpha value is -1.85. The van der Waals surface area contributed by atoms with Gasteiger partial charge in [-0.3, -0.25) is 14.4 Å². The molecule has 1 atom stereocenters. The third kappa shape index (κ3) is 37.2. The third-order valence-electron chi connectivity index (χ3n) is 9.27. The lowest BCUT2D eigenvalue weighted by molar-refractivity contribution is -0.167. The minimum atomic E-state index is -0.762. The molecule has 0 spiro atoms. The van der Waals surface area contributed by atoms with Gasteiger partial charge in [0, 0.05) is 19.3 Å². The SMILES string of the molecule is CCCCCCCC/C=C\CCCCCCCC(=O)OCC(COC(=O)CCCCCCCCCC)OC(=O)CCCCCCCCCC. The van der Waals surface area contributed by atoms with E-state index in [1.807, 2.05) is 0 Å². The molecule has 0 aromatic heterocycles. The van der Waals surface area contributed by atoms with Crippen molar-refractivity contribution in [2.24, 2.45) is 0 Å². The van der Waals surface area contributed by atoms with Crippen LogP contribution in [-0.4, -0.2) is 37.2 Å². The highest BCUT2D eigenvalue weighted by molar-refractivity contribution is 5.71. The number of hydrogen-bond acceptors (Lipinski definition) is 6. The van der Waals surface area contributed by atoms with Crippen molar-refractivity contribution >= 4 is 17.9 Å². The number of carbonyl (C=O) groups excluding carboxylic acids is 3. The van der Waals surface area contributed by atoms with Crippen molar-refractivity contribution in [1.82, 2.24) is 0 Å². The number of rotatable bonds is 38. The lowest BCUT2D eigenvalue weighted by Gasteiger charge is -2.18. The standard InChI is InChI=1S/C43H80O6/c1-4-7-10-13-16-19-20-21-22-23-24-25-28-30-33-36-42(45)48-39-40(49-43(46)37-34-31-27-18-15-12-9-6-3)38-47-41(44)35-32-29-26-17-14-11-8-5-2/h21-22,40H,4-20,23-39H2,1-3H3/b22-21-. The molecule has 0 N–H and O–H groups in total. The van der Waals surface area contributed by atoms with Gasteiger partial charge in [0.2, 0.25) is 0 Å². The van der Waals surface area contributed by atoms with E-state index in [-0.39, 0.29) is 31.1 Å². The van der Waals surface area contributed by atoms with E-state index in [1.54, 1.807) is 0 Å². The Labute approximate surface area is 303 Å². The van der Waals surface area contributed by atoms with E-state index in [2.05, 4.69) is 32.9 Å². The molecule has 0 heterocycles. The molecule has 0 bridgehead atoms. The molecule has 0 aliphatic heterocycles. The van der Waals surface area contributed by atoms with E-state index in [1.165, 1.54) is 122 Å². The zero-order valence-electron chi connectivity index (χ0n) is 32.7. The third-order valence-corrected chi connectivity index (χ3v) is 9.27. The molecule has 0 amide bonds. The van der Waals surface area contributed by atoms with Crippen molar-refractivity contribution in [3.8, 4) is 0 Å². The Kier molecular flexibility index (Phi) is 37.5. The summed E-state index contributed by atoms with van der Waals surface area (Å²) >= 11 is 0. The number of hydrogen-bond donors (Lipinski definition) is 0. The molecule has 0 fully saturated rings. The normalized spacial score (nSPS) is 12.0. The second-order valence-corrected chi connectivity index (χ2v) is 14.3. The molecule has 0 aliphatic rings. The summed E-state index contributed by atoms with van der Waals surface area (Å²) in [6, 6.07) is 0. The van der Waals surface area contributed by atoms with E-state index in [9.17, 15) is 14.4 Å². The first-order chi connectivity index (χ1) is 24.0. The summed E-state index contributed by atoms with van der Waals surface area (Å²) in [6.07, 6.45) is 39.2. The van der Waals surface area contributed by atoms with Gasteiger partial charge in [0.25, 0.3) is 0 Å². The van der Waals surface area contributed by atoms with Crippen molar-refractivity contribution < 1.29 is 28.6 Å². The monoisotopic (exact) mass is 693 g/mol. The van der Waals surface area contributed by atoms with Crippen LogP contribution >= 0.6 is 0 Å². The van der Waals surface area contributed by atoms with Gasteiger partial charge in [-0.05, 0) is 44.9 Å². The van der Waals surface area contributed by atoms with Crippen LogP contribution in [0.25, 0.3) is 0 Å². The van der Waals surface area contributed by atoms with Crippen LogP contribution in [0, 0.1) is 0 Å². The first-order valence-corrected chi connectivity index (χ1v) is 21.2. The van der Waals surface area contributed by atoms with E-state index < -0.39 is 6.10 Å². The molecule has 0 rings (SSSR count). The molecule has 1 unspecified atom stereocenters. The summed E-state index contributed by atoms with van der Waals surface area (Å²) in [7, 11) is 0. The van der Waals surface area contributed by atoms with E-state index >= 15 is 0 Å². The Morgan fingerprint density at radius 3 is 1.02 bits per heavy atom. The Balaban J connectivity index is 4.27. The first-order valence-electron chi connectivity index (χ1n) is 21.2. The predicted molar refractivity (Wildman–Crippen MR) is 206 cm³/mol. The summed E-state index contributed by atoms with van der Waals surface area (Å²) < 4.78 is 16.6. The molecule has 0 saturated carbocycles. The van der Waals surface area contributed by atoms with Crippen molar-refractivity contribution in [2.75, 3.05) is 13.2 Å². The topological polar surface area (TPSA) is 78.9 Å². The molecule has 49 heavy (non-hydrogen) atoms. The Morgan fingerprint density at radius 2 is 0.673 bits per heavy atom. The lowest BCUT2D eigenvalue weighted by atomic mass is 10.1. The molecule has 0 aromatic carbocycles. The average Bonchev–Trinajstić information content (AvgIpc) is 3.10. The van der Waals surface area contributed by atoms with Crippen LogP contribution < -0.4 is 0 Å². The molecule has 0 aliphatic carbocycles. The molecule has 0 aromatic rings. The van der Waals surface area contributed by atoms with Crippen molar-refractivity contribution in [1.29, 1.82) is 0 Å². The average molecular weight is 693 g/mol. The van der Waals surface area contributed by atoms with E-state index in [4.69, 9.17) is 14.2 Å². The van der Waals surface area contributed by atoms with Gasteiger partial charge in [0.15, 0.2) is 6.10 Å². The quantitative estimate of drug-likeness (QED) is 0.0277. The molecule has 0 radical (unpaired) electrons. The Morgan fingerprint density at radius 1 is 0.388 bits per heavy atom. The van der Waals surface area contributed by atoms with E-state index in [0.29, 0.717) is 19.3 Å². The summed E-state index contributed by atoms with van der Waals surface area (Å²) in [6.45, 7) is 6.56. The van der Waals surface area contributed by atoms with Crippen LogP contribution in [0.15, 0.2) is 12.2 Å². The van der Waals surface area contributed by atoms with E-state index in [0.717, 1.165) is 64.2 Å². The second-order valence-electron chi connectivity index (χ2n) is 14.3. The first kappa shape index (κ1) is 47.1. The minimum absolute atomic E-state index is 0.0697. The zero-order valence-corrected chi connectivity index (χ0v) is 32.7. The predicted octanol–water partition coefficient (Wildman–Crippen LogP) is 13.1. The highest BCUT2D eigenvalue weighted by Gasteiger charge is 2.19. The van der Waals surface area contributed by atoms with Gasteiger partial charge in [-0.25, -0.2) is 0 Å². The summed E-state index contributed by atoms with van der Waals surface area (Å²) in [5, 5.41) is 0. The highest BCUT2D eigenvalue weighted by atomic mass is 16.6. The van der Waals surface area contributed by atoms with Crippen molar-refractivity contribution in [3.63, 3.8) is 0 Å². The second kappa shape index (κ2) is 38.9. The number of ether oxygens (including phenoxy) is 3. The summed E-state index contributed by atoms with van der Waals surface area (Å²) in [4.78, 5) is 37.4. The number of allylic oxidation sites excluding steroid dienone is 2. The lowest BCUT2D eigenvalue weighted by Crippen LogP contribution is -2.30. The van der Waals surface area contributed by atoms with Crippen molar-refractivity contribution in [3.05, 3.63) is 12.2 Å². The molecule has 0 saturated heterocycles. The van der Waals surface area contributed by atoms with Gasteiger partial charge in [0.1, 0.15) is 13.2 Å². The zero-order chi connectivity index (χ0) is 35.9. The van der Waals surface area contributed by atoms with Gasteiger partial charge < -0.3 is 14.2 Å². The van der Waals surface area contributed by atoms with Crippen LogP contribution in [0.1, 0.15) is 226 Å². The largest absolute Gasteiger partial charge is 0.462 e. The van der Waals surface area contributed by atoms with Crippen molar-refractivity contribution in [2.45, 2.75) is 232 Å². The van der Waals surface area contributed by atoms with Gasteiger partial charge in [-0.2, -0.15) is 0 Å². The molecule has 6 nitrogen and oxygen atoms in total. The summed E-state index contributed by atoms with van der Waals surface area (Å²) in [5.41, 5.74) is 0. The molecule has 6 heteroatoms. The molecular weight excluding hydrogens is 612 g/mol.